The second-order valence-electron chi connectivity index (χ2n) is 18.7. The number of fused-ring (bicyclic) bond motifs is 3. The molecule has 1 fully saturated rings. The Bertz CT molecular complexity index is 3170. The number of anilines is 3. The van der Waals surface area contributed by atoms with Crippen molar-refractivity contribution in [1.29, 1.82) is 0 Å². The molecule has 0 atom stereocenters. The molecule has 0 saturated heterocycles. The minimum absolute atomic E-state index is 0.122. The molecule has 0 radical (unpaired) electrons. The number of carbonyl (C=O) groups is 2. The first-order valence-corrected chi connectivity index (χ1v) is 24.0. The smallest absolute Gasteiger partial charge is 0.497 e. The van der Waals surface area contributed by atoms with Crippen molar-refractivity contribution in [2.75, 3.05) is 12.0 Å². The van der Waals surface area contributed by atoms with Crippen molar-refractivity contribution in [3.63, 3.8) is 0 Å². The van der Waals surface area contributed by atoms with Crippen LogP contribution in [0.15, 0.2) is 194 Å². The van der Waals surface area contributed by atoms with Gasteiger partial charge in [-0.2, -0.15) is 0 Å². The molecule has 2 aliphatic rings. The summed E-state index contributed by atoms with van der Waals surface area (Å²) in [6.45, 7) is 6.04. The van der Waals surface area contributed by atoms with Crippen LogP contribution in [0.2, 0.25) is 0 Å². The van der Waals surface area contributed by atoms with Crippen molar-refractivity contribution in [3.05, 3.63) is 233 Å². The highest BCUT2D eigenvalue weighted by atomic mass is 16.7. The van der Waals surface area contributed by atoms with Crippen LogP contribution in [0.4, 0.5) is 21.9 Å². The van der Waals surface area contributed by atoms with Crippen molar-refractivity contribution in [3.8, 4) is 34.1 Å². The van der Waals surface area contributed by atoms with Crippen LogP contribution in [0.25, 0.3) is 22.8 Å². The fourth-order valence-electron chi connectivity index (χ4n) is 10.5. The first kappa shape index (κ1) is 45.6. The molecule has 348 valence electrons. The third-order valence-electron chi connectivity index (χ3n) is 14.1. The third kappa shape index (κ3) is 9.23. The summed E-state index contributed by atoms with van der Waals surface area (Å²) in [4.78, 5) is 27.0. The Kier molecular flexibility index (Phi) is 12.7. The first-order valence-electron chi connectivity index (χ1n) is 24.0. The molecule has 0 unspecified atom stereocenters. The van der Waals surface area contributed by atoms with Gasteiger partial charge in [-0.1, -0.05) is 142 Å². The number of para-hydroxylation sites is 1. The molecule has 1 saturated carbocycles. The third-order valence-corrected chi connectivity index (χ3v) is 14.1. The van der Waals surface area contributed by atoms with Crippen LogP contribution in [0, 0.1) is 0 Å². The number of carbonyl (C=O) groups excluding carboxylic acids is 2. The van der Waals surface area contributed by atoms with Crippen LogP contribution in [-0.4, -0.2) is 19.2 Å². The molecule has 0 heterocycles. The van der Waals surface area contributed by atoms with E-state index < -0.39 is 6.16 Å². The van der Waals surface area contributed by atoms with E-state index in [4.69, 9.17) is 18.9 Å². The lowest BCUT2D eigenvalue weighted by molar-refractivity contribution is -0.131. The van der Waals surface area contributed by atoms with E-state index in [1.165, 1.54) is 41.2 Å². The normalized spacial score (nSPS) is 14.4. The summed E-state index contributed by atoms with van der Waals surface area (Å²) in [7, 11) is 1.66. The summed E-state index contributed by atoms with van der Waals surface area (Å²) in [5.74, 6) is 1.72. The molecule has 7 heteroatoms. The topological polar surface area (TPSA) is 74.3 Å². The van der Waals surface area contributed by atoms with Gasteiger partial charge in [0.25, 0.3) is 0 Å². The Labute approximate surface area is 410 Å². The van der Waals surface area contributed by atoms with Gasteiger partial charge in [0, 0.05) is 34.8 Å². The highest BCUT2D eigenvalue weighted by molar-refractivity contribution is 5.92. The number of ether oxygens (including phenoxy) is 4. The second kappa shape index (κ2) is 19.4. The lowest BCUT2D eigenvalue weighted by Gasteiger charge is -2.38. The largest absolute Gasteiger partial charge is 0.519 e. The molecule has 0 bridgehead atoms. The molecule has 0 amide bonds. The van der Waals surface area contributed by atoms with Crippen LogP contribution in [-0.2, 0) is 15.6 Å². The second-order valence-corrected chi connectivity index (χ2v) is 18.7. The molecular formula is C63H55NO6. The van der Waals surface area contributed by atoms with E-state index in [9.17, 15) is 9.59 Å². The molecule has 70 heavy (non-hydrogen) atoms. The average molecular weight is 922 g/mol. The van der Waals surface area contributed by atoms with Crippen molar-refractivity contribution in [2.24, 2.45) is 0 Å². The summed E-state index contributed by atoms with van der Waals surface area (Å²) in [6, 6.07) is 65.8. The molecular weight excluding hydrogens is 867 g/mol. The Morgan fingerprint density at radius 3 is 1.59 bits per heavy atom. The van der Waals surface area contributed by atoms with Crippen molar-refractivity contribution in [1.82, 2.24) is 0 Å². The zero-order valence-corrected chi connectivity index (χ0v) is 40.0. The van der Waals surface area contributed by atoms with Crippen LogP contribution in [0.1, 0.15) is 91.8 Å². The van der Waals surface area contributed by atoms with E-state index in [-0.39, 0.29) is 16.8 Å². The Balaban J connectivity index is 0.877. The summed E-state index contributed by atoms with van der Waals surface area (Å²) in [5, 5.41) is 0. The minimum atomic E-state index is -0.821. The van der Waals surface area contributed by atoms with E-state index in [0.717, 1.165) is 76.3 Å². The monoisotopic (exact) mass is 921 g/mol. The number of hydrogen-bond acceptors (Lipinski definition) is 7. The van der Waals surface area contributed by atoms with Gasteiger partial charge in [-0.15, -0.1) is 0 Å². The van der Waals surface area contributed by atoms with Crippen LogP contribution in [0.5, 0.6) is 23.0 Å². The van der Waals surface area contributed by atoms with Gasteiger partial charge in [0.2, 0.25) is 0 Å². The highest BCUT2D eigenvalue weighted by Gasteiger charge is 2.37. The van der Waals surface area contributed by atoms with Gasteiger partial charge in [0.05, 0.1) is 7.11 Å². The highest BCUT2D eigenvalue weighted by Crippen LogP contribution is 2.51. The predicted molar refractivity (Wildman–Crippen MR) is 280 cm³/mol. The van der Waals surface area contributed by atoms with Gasteiger partial charge in [-0.25, -0.2) is 4.79 Å². The molecule has 0 N–H and O–H groups in total. The number of methoxy groups -OCH3 is 1. The van der Waals surface area contributed by atoms with E-state index in [1.54, 1.807) is 19.2 Å². The maximum Gasteiger partial charge on any atom is 0.519 e. The fourth-order valence-corrected chi connectivity index (χ4v) is 10.5. The molecule has 8 aromatic carbocycles. The fraction of sp³-hybridized carbons (Fsp3) is 0.175. The van der Waals surface area contributed by atoms with Crippen molar-refractivity contribution in [2.45, 2.75) is 63.7 Å². The van der Waals surface area contributed by atoms with Gasteiger partial charge in [0.1, 0.15) is 23.0 Å². The van der Waals surface area contributed by atoms with Crippen LogP contribution < -0.4 is 23.8 Å². The van der Waals surface area contributed by atoms with Gasteiger partial charge in [-0.3, -0.25) is 4.79 Å². The molecule has 8 aromatic rings. The molecule has 0 spiro atoms. The minimum Gasteiger partial charge on any atom is -0.497 e. The van der Waals surface area contributed by atoms with Crippen molar-refractivity contribution >= 4 is 40.8 Å². The number of esters is 1. The summed E-state index contributed by atoms with van der Waals surface area (Å²) >= 11 is 0. The zero-order chi connectivity index (χ0) is 48.2. The average Bonchev–Trinajstić information content (AvgIpc) is 3.62. The Hall–Kier alpha value is -8.16. The van der Waals surface area contributed by atoms with Gasteiger partial charge in [-0.05, 0) is 159 Å². The van der Waals surface area contributed by atoms with E-state index >= 15 is 0 Å². The number of hydrogen-bond donors (Lipinski definition) is 0. The Morgan fingerprint density at radius 1 is 0.500 bits per heavy atom. The van der Waals surface area contributed by atoms with Gasteiger partial charge < -0.3 is 23.8 Å². The van der Waals surface area contributed by atoms with Crippen LogP contribution in [0.3, 0.4) is 0 Å². The SMILES string of the molecule is COc1ccc(C(=Cc2ccc(N(c3ccccc3)c3ccc4c(c3)C(C)(C)c3ccccc3-4)cc2)c2ccc(OC(=O)Oc3ccc(C4(c5ccc(OC(C)=O)cc5)CCCCC4)cc3)cc2)cc1. The summed E-state index contributed by atoms with van der Waals surface area (Å²) < 4.78 is 22.2. The van der Waals surface area contributed by atoms with E-state index in [0.29, 0.717) is 17.2 Å². The molecule has 0 aromatic heterocycles. The van der Waals surface area contributed by atoms with E-state index in [2.05, 4.69) is 128 Å². The summed E-state index contributed by atoms with van der Waals surface area (Å²) in [5.41, 5.74) is 14.5. The van der Waals surface area contributed by atoms with E-state index in [1.807, 2.05) is 78.9 Å². The number of nitrogens with zero attached hydrogens (tertiary/aromatic N) is 1. The maximum atomic E-state index is 13.2. The number of rotatable bonds is 12. The molecule has 2 aliphatic carbocycles. The zero-order valence-electron chi connectivity index (χ0n) is 40.0. The molecule has 7 nitrogen and oxygen atoms in total. The molecule has 0 aliphatic heterocycles. The first-order chi connectivity index (χ1) is 34.1. The van der Waals surface area contributed by atoms with Crippen LogP contribution >= 0.6 is 0 Å². The standard InChI is InChI=1S/C63H55NO6/c1-43(65)68-53-34-23-47(24-35-53)63(39-11-6-12-40-63)48-25-36-55(37-26-48)70-61(66)69-54-32-21-46(22-33-54)58(45-19-30-52(67-4)31-20-45)41-44-17-27-50(28-18-44)64(49-13-7-5-8-14-49)51-29-38-57-56-15-9-10-16-59(56)62(2,3)60(57)42-51/h5,7-10,13-38,41-42H,6,11-12,39-40H2,1-4H3. The Morgan fingerprint density at radius 2 is 1.00 bits per heavy atom. The quantitative estimate of drug-likeness (QED) is 0.0523. The maximum absolute atomic E-state index is 13.2. The summed E-state index contributed by atoms with van der Waals surface area (Å²) in [6.07, 6.45) is 6.77. The lowest BCUT2D eigenvalue weighted by atomic mass is 9.65. The molecule has 10 rings (SSSR count). The lowest BCUT2D eigenvalue weighted by Crippen LogP contribution is -2.30. The predicted octanol–water partition coefficient (Wildman–Crippen LogP) is 15.8. The van der Waals surface area contributed by atoms with Gasteiger partial charge >= 0.3 is 12.1 Å². The van der Waals surface area contributed by atoms with Crippen molar-refractivity contribution < 1.29 is 28.5 Å². The van der Waals surface area contributed by atoms with Gasteiger partial charge in [0.15, 0.2) is 0 Å². The number of benzene rings is 8.